The van der Waals surface area contributed by atoms with Gasteiger partial charge in [-0.1, -0.05) is 329 Å². The smallest absolute Gasteiger partial charge is 0.306 e. The highest BCUT2D eigenvalue weighted by molar-refractivity contribution is 5.71. The molecule has 0 N–H and O–H groups in total. The number of esters is 3. The molecule has 6 heteroatoms. The van der Waals surface area contributed by atoms with Gasteiger partial charge in [0, 0.05) is 19.3 Å². The minimum Gasteiger partial charge on any atom is -0.462 e. The lowest BCUT2D eigenvalue weighted by Gasteiger charge is -2.18. The molecule has 0 bridgehead atoms. The van der Waals surface area contributed by atoms with E-state index in [1.807, 2.05) is 0 Å². The van der Waals surface area contributed by atoms with Crippen LogP contribution in [-0.2, 0) is 28.6 Å². The standard InChI is InChI=1S/C75H128O6/c1-4-7-10-13-16-18-20-22-24-26-28-30-32-33-34-35-36-37-38-39-40-41-43-44-46-48-50-52-54-56-59-62-65-68-74(77)80-71-72(70-79-73(76)67-64-61-58-15-12-9-6-3)81-75(78)69-66-63-60-57-55-53-51-49-47-45-42-31-29-27-25-23-21-19-17-14-11-8-5-2/h7,10,16,18,22,24,28,30,33-34,36-37,39-40,43-44,48,50,72H,4-6,8-9,11-15,17,19-21,23,25-27,29,31-32,35,38,41-42,45-47,49,51-71H2,1-3H3/b10-7-,18-16-,24-22-,30-28-,34-33-,37-36-,40-39-,44-43-,50-48-. The van der Waals surface area contributed by atoms with E-state index in [-0.39, 0.29) is 31.1 Å². The molecule has 0 rings (SSSR count). The number of carbonyl (C=O) groups is 3. The second-order valence-electron chi connectivity index (χ2n) is 22.7. The van der Waals surface area contributed by atoms with Crippen molar-refractivity contribution in [2.24, 2.45) is 0 Å². The molecule has 0 radical (unpaired) electrons. The van der Waals surface area contributed by atoms with E-state index in [4.69, 9.17) is 14.2 Å². The predicted octanol–water partition coefficient (Wildman–Crippen LogP) is 23.8. The van der Waals surface area contributed by atoms with Gasteiger partial charge in [-0.3, -0.25) is 14.4 Å². The summed E-state index contributed by atoms with van der Waals surface area (Å²) in [5, 5.41) is 0. The summed E-state index contributed by atoms with van der Waals surface area (Å²) in [5.74, 6) is -0.896. The molecule has 464 valence electrons. The number of allylic oxidation sites excluding steroid dienone is 18. The summed E-state index contributed by atoms with van der Waals surface area (Å²) in [4.78, 5) is 38.1. The first-order chi connectivity index (χ1) is 40.0. The molecule has 0 aliphatic carbocycles. The molecule has 0 fully saturated rings. The second kappa shape index (κ2) is 68.6. The summed E-state index contributed by atoms with van der Waals surface area (Å²) in [5.41, 5.74) is 0. The van der Waals surface area contributed by atoms with Crippen molar-refractivity contribution in [2.45, 2.75) is 335 Å². The van der Waals surface area contributed by atoms with E-state index in [0.717, 1.165) is 135 Å². The Morgan fingerprint density at radius 2 is 0.481 bits per heavy atom. The second-order valence-corrected chi connectivity index (χ2v) is 22.7. The molecule has 1 unspecified atom stereocenters. The van der Waals surface area contributed by atoms with Gasteiger partial charge in [-0.2, -0.15) is 0 Å². The van der Waals surface area contributed by atoms with Crippen LogP contribution in [0.4, 0.5) is 0 Å². The molecule has 0 spiro atoms. The highest BCUT2D eigenvalue weighted by Gasteiger charge is 2.19. The summed E-state index contributed by atoms with van der Waals surface area (Å²) in [6.45, 7) is 6.50. The Hall–Kier alpha value is -3.93. The number of unbranched alkanes of at least 4 members (excludes halogenated alkanes) is 33. The summed E-state index contributed by atoms with van der Waals surface area (Å²) < 4.78 is 16.9. The Labute approximate surface area is 501 Å². The lowest BCUT2D eigenvalue weighted by atomic mass is 10.0. The summed E-state index contributed by atoms with van der Waals surface area (Å²) in [7, 11) is 0. The first kappa shape index (κ1) is 77.1. The van der Waals surface area contributed by atoms with Crippen molar-refractivity contribution in [1.29, 1.82) is 0 Å². The fourth-order valence-electron chi connectivity index (χ4n) is 9.67. The molecule has 6 nitrogen and oxygen atoms in total. The third kappa shape index (κ3) is 66.8. The van der Waals surface area contributed by atoms with Crippen LogP contribution in [0.2, 0.25) is 0 Å². The first-order valence-electron chi connectivity index (χ1n) is 34.4. The Morgan fingerprint density at radius 1 is 0.259 bits per heavy atom. The predicted molar refractivity (Wildman–Crippen MR) is 353 cm³/mol. The maximum atomic E-state index is 12.9. The number of hydrogen-bond acceptors (Lipinski definition) is 6. The number of hydrogen-bond donors (Lipinski definition) is 0. The highest BCUT2D eigenvalue weighted by atomic mass is 16.6. The van der Waals surface area contributed by atoms with Crippen LogP contribution in [0.15, 0.2) is 109 Å². The van der Waals surface area contributed by atoms with Gasteiger partial charge in [0.25, 0.3) is 0 Å². The van der Waals surface area contributed by atoms with E-state index in [1.165, 1.54) is 154 Å². The van der Waals surface area contributed by atoms with Crippen LogP contribution in [0.1, 0.15) is 329 Å². The van der Waals surface area contributed by atoms with Gasteiger partial charge >= 0.3 is 17.9 Å². The molecule has 0 saturated heterocycles. The SMILES string of the molecule is CC/C=C\C/C=C\C/C=C\C/C=C\C/C=C\C/C=C\C/C=C\C/C=C\C/C=C\CCCCCCCC(=O)OCC(COC(=O)CCCCCCCCC)OC(=O)CCCCCCCCCCCCCCCCCCCCCCCCC. The van der Waals surface area contributed by atoms with Crippen molar-refractivity contribution in [2.75, 3.05) is 13.2 Å². The molecular weight excluding hydrogens is 997 g/mol. The van der Waals surface area contributed by atoms with Crippen LogP contribution in [0.5, 0.6) is 0 Å². The quantitative estimate of drug-likeness (QED) is 0.0261. The molecule has 0 aliphatic rings. The van der Waals surface area contributed by atoms with Crippen LogP contribution < -0.4 is 0 Å². The van der Waals surface area contributed by atoms with Crippen molar-refractivity contribution in [1.82, 2.24) is 0 Å². The molecule has 0 amide bonds. The topological polar surface area (TPSA) is 78.9 Å². The third-order valence-electron chi connectivity index (χ3n) is 14.8. The van der Waals surface area contributed by atoms with Crippen molar-refractivity contribution in [3.63, 3.8) is 0 Å². The van der Waals surface area contributed by atoms with Gasteiger partial charge in [0.1, 0.15) is 13.2 Å². The van der Waals surface area contributed by atoms with Gasteiger partial charge < -0.3 is 14.2 Å². The van der Waals surface area contributed by atoms with Crippen molar-refractivity contribution in [3.8, 4) is 0 Å². The van der Waals surface area contributed by atoms with Crippen LogP contribution in [0, 0.1) is 0 Å². The Morgan fingerprint density at radius 3 is 0.753 bits per heavy atom. The Balaban J connectivity index is 4.15. The highest BCUT2D eigenvalue weighted by Crippen LogP contribution is 2.17. The maximum Gasteiger partial charge on any atom is 0.306 e. The van der Waals surface area contributed by atoms with Gasteiger partial charge in [-0.15, -0.1) is 0 Å². The van der Waals surface area contributed by atoms with E-state index in [9.17, 15) is 14.4 Å². The summed E-state index contributed by atoms with van der Waals surface area (Å²) >= 11 is 0. The van der Waals surface area contributed by atoms with Crippen molar-refractivity contribution in [3.05, 3.63) is 109 Å². The molecule has 1 atom stereocenters. The molecule has 0 heterocycles. The van der Waals surface area contributed by atoms with E-state index in [2.05, 4.69) is 130 Å². The Bertz CT molecular complexity index is 1620. The number of ether oxygens (including phenoxy) is 3. The molecule has 0 aromatic heterocycles. The largest absolute Gasteiger partial charge is 0.462 e. The van der Waals surface area contributed by atoms with Gasteiger partial charge in [-0.05, 0) is 89.9 Å². The van der Waals surface area contributed by atoms with Gasteiger partial charge in [0.15, 0.2) is 6.10 Å². The van der Waals surface area contributed by atoms with Gasteiger partial charge in [0.2, 0.25) is 0 Å². The normalized spacial score (nSPS) is 12.8. The fourth-order valence-corrected chi connectivity index (χ4v) is 9.67. The lowest BCUT2D eigenvalue weighted by Crippen LogP contribution is -2.30. The van der Waals surface area contributed by atoms with Crippen molar-refractivity contribution < 1.29 is 28.6 Å². The zero-order chi connectivity index (χ0) is 58.5. The van der Waals surface area contributed by atoms with Crippen LogP contribution in [-0.4, -0.2) is 37.2 Å². The monoisotopic (exact) mass is 1120 g/mol. The molecule has 0 aromatic carbocycles. The molecule has 0 aliphatic heterocycles. The zero-order valence-corrected chi connectivity index (χ0v) is 53.3. The summed E-state index contributed by atoms with van der Waals surface area (Å²) in [6.07, 6.45) is 94.2. The molecular formula is C75H128O6. The lowest BCUT2D eigenvalue weighted by molar-refractivity contribution is -0.167. The average molecular weight is 1130 g/mol. The Kier molecular flexibility index (Phi) is 65.2. The van der Waals surface area contributed by atoms with E-state index >= 15 is 0 Å². The molecule has 0 aromatic rings. The third-order valence-corrected chi connectivity index (χ3v) is 14.8. The molecule has 81 heavy (non-hydrogen) atoms. The van der Waals surface area contributed by atoms with Gasteiger partial charge in [-0.25, -0.2) is 0 Å². The first-order valence-corrected chi connectivity index (χ1v) is 34.4. The summed E-state index contributed by atoms with van der Waals surface area (Å²) in [6, 6.07) is 0. The fraction of sp³-hybridized carbons (Fsp3) is 0.720. The van der Waals surface area contributed by atoms with E-state index in [0.29, 0.717) is 19.3 Å². The minimum atomic E-state index is -0.783. The maximum absolute atomic E-state index is 12.9. The van der Waals surface area contributed by atoms with Crippen LogP contribution >= 0.6 is 0 Å². The number of carbonyl (C=O) groups excluding carboxylic acids is 3. The van der Waals surface area contributed by atoms with Crippen molar-refractivity contribution >= 4 is 17.9 Å². The average Bonchev–Trinajstić information content (AvgIpc) is 3.47. The van der Waals surface area contributed by atoms with Crippen LogP contribution in [0.3, 0.4) is 0 Å². The van der Waals surface area contributed by atoms with E-state index in [1.54, 1.807) is 0 Å². The molecule has 0 saturated carbocycles. The van der Waals surface area contributed by atoms with Gasteiger partial charge in [0.05, 0.1) is 0 Å². The minimum absolute atomic E-state index is 0.0812. The van der Waals surface area contributed by atoms with Crippen LogP contribution in [0.25, 0.3) is 0 Å². The van der Waals surface area contributed by atoms with E-state index < -0.39 is 6.10 Å². The zero-order valence-electron chi connectivity index (χ0n) is 53.3. The number of rotatable bonds is 62.